The number of nitrogens with zero attached hydrogens (tertiary/aromatic N) is 1. The molecule has 0 radical (unpaired) electrons. The van der Waals surface area contributed by atoms with Crippen molar-refractivity contribution >= 4 is 5.91 Å². The van der Waals surface area contributed by atoms with Gasteiger partial charge in [0, 0.05) is 6.54 Å². The van der Waals surface area contributed by atoms with Gasteiger partial charge in [-0.15, -0.1) is 0 Å². The van der Waals surface area contributed by atoms with Crippen LogP contribution in [0.1, 0.15) is 52.9 Å². The zero-order valence-corrected chi connectivity index (χ0v) is 12.6. The molecular weight excluding hydrogens is 236 g/mol. The molecule has 0 aromatic rings. The van der Waals surface area contributed by atoms with Gasteiger partial charge < -0.3 is 4.90 Å². The molecule has 3 rings (SSSR count). The molecule has 6 atom stereocenters. The number of carbonyl (C=O) groups excluding carboxylic acids is 1. The topological polar surface area (TPSA) is 32.3 Å². The fourth-order valence-electron chi connectivity index (χ4n) is 4.53. The number of hydrogen-bond acceptors (Lipinski definition) is 2. The van der Waals surface area contributed by atoms with Crippen LogP contribution in [-0.4, -0.2) is 29.6 Å². The van der Waals surface area contributed by atoms with Gasteiger partial charge in [-0.2, -0.15) is 0 Å². The smallest absolute Gasteiger partial charge is 0.241 e. The van der Waals surface area contributed by atoms with Crippen molar-refractivity contribution in [3.8, 4) is 0 Å². The fraction of sp³-hybridized carbons (Fsp3) is 0.938. The molecule has 0 aromatic heterocycles. The Hall–Kier alpha value is -0.570. The number of amides is 1. The summed E-state index contributed by atoms with van der Waals surface area (Å²) in [4.78, 5) is 14.7. The lowest BCUT2D eigenvalue weighted by Crippen LogP contribution is -2.39. The van der Waals surface area contributed by atoms with Crippen molar-refractivity contribution in [2.45, 2.75) is 65.1 Å². The van der Waals surface area contributed by atoms with E-state index in [0.717, 1.165) is 30.7 Å². The van der Waals surface area contributed by atoms with Crippen LogP contribution in [0.5, 0.6) is 0 Å². The highest BCUT2D eigenvalue weighted by Gasteiger charge is 2.44. The molecule has 0 aromatic carbocycles. The van der Waals surface area contributed by atoms with Crippen LogP contribution < -0.4 is 5.32 Å². The van der Waals surface area contributed by atoms with E-state index in [1.54, 1.807) is 0 Å². The molecule has 1 aliphatic heterocycles. The minimum absolute atomic E-state index is 0.0543. The highest BCUT2D eigenvalue weighted by molar-refractivity contribution is 5.84. The summed E-state index contributed by atoms with van der Waals surface area (Å²) in [6.45, 7) is 7.50. The maximum Gasteiger partial charge on any atom is 0.241 e. The van der Waals surface area contributed by atoms with Gasteiger partial charge in [-0.05, 0) is 49.9 Å². The highest BCUT2D eigenvalue weighted by Crippen LogP contribution is 2.48. The Balaban J connectivity index is 1.63. The van der Waals surface area contributed by atoms with E-state index in [-0.39, 0.29) is 12.2 Å². The van der Waals surface area contributed by atoms with Crippen molar-refractivity contribution in [1.29, 1.82) is 0 Å². The molecule has 6 unspecified atom stereocenters. The molecule has 1 N–H and O–H groups in total. The van der Waals surface area contributed by atoms with E-state index in [1.165, 1.54) is 25.7 Å². The molecule has 3 fully saturated rings. The van der Waals surface area contributed by atoms with Crippen LogP contribution in [0.2, 0.25) is 0 Å². The number of fused-ring (bicyclic) bond motifs is 2. The largest absolute Gasteiger partial charge is 0.326 e. The molecule has 1 heterocycles. The molecule has 19 heavy (non-hydrogen) atoms. The van der Waals surface area contributed by atoms with Crippen LogP contribution in [0.15, 0.2) is 0 Å². The normalized spacial score (nSPS) is 43.2. The average molecular weight is 264 g/mol. The molecule has 1 saturated heterocycles. The maximum atomic E-state index is 12.6. The Morgan fingerprint density at radius 1 is 1.37 bits per heavy atom. The molecule has 3 nitrogen and oxygen atoms in total. The molecule has 1 amide bonds. The Bertz CT molecular complexity index is 357. The van der Waals surface area contributed by atoms with Gasteiger partial charge in [-0.25, -0.2) is 0 Å². The Morgan fingerprint density at radius 3 is 2.74 bits per heavy atom. The van der Waals surface area contributed by atoms with E-state index in [2.05, 4.69) is 31.0 Å². The number of rotatable bonds is 4. The third kappa shape index (κ3) is 2.31. The minimum Gasteiger partial charge on any atom is -0.326 e. The van der Waals surface area contributed by atoms with E-state index in [0.29, 0.717) is 11.8 Å². The zero-order chi connectivity index (χ0) is 13.6. The third-order valence-corrected chi connectivity index (χ3v) is 5.97. The first-order valence-electron chi connectivity index (χ1n) is 8.16. The van der Waals surface area contributed by atoms with E-state index in [1.807, 2.05) is 0 Å². The van der Waals surface area contributed by atoms with E-state index in [4.69, 9.17) is 0 Å². The molecule has 2 aliphatic carbocycles. The van der Waals surface area contributed by atoms with E-state index in [9.17, 15) is 4.79 Å². The van der Waals surface area contributed by atoms with Gasteiger partial charge in [0.1, 0.15) is 0 Å². The zero-order valence-electron chi connectivity index (χ0n) is 12.6. The quantitative estimate of drug-likeness (QED) is 0.846. The molecule has 0 spiro atoms. The second kappa shape index (κ2) is 5.08. The summed E-state index contributed by atoms with van der Waals surface area (Å²) < 4.78 is 0. The summed E-state index contributed by atoms with van der Waals surface area (Å²) in [5, 5.41) is 3.50. The van der Waals surface area contributed by atoms with E-state index >= 15 is 0 Å². The van der Waals surface area contributed by atoms with Gasteiger partial charge in [0.05, 0.1) is 12.2 Å². The second-order valence-electron chi connectivity index (χ2n) is 7.13. The van der Waals surface area contributed by atoms with Crippen molar-refractivity contribution in [2.75, 3.05) is 6.54 Å². The summed E-state index contributed by atoms with van der Waals surface area (Å²) in [5.41, 5.74) is 0. The minimum atomic E-state index is 0.0543. The first-order chi connectivity index (χ1) is 9.10. The SMILES string of the molecule is CCC(C)C1NC(C)N(CC2CC3CCC2C3)C1=O. The lowest BCUT2D eigenvalue weighted by atomic mass is 9.88. The highest BCUT2D eigenvalue weighted by atomic mass is 16.2. The molecule has 108 valence electrons. The monoisotopic (exact) mass is 264 g/mol. The summed E-state index contributed by atoms with van der Waals surface area (Å²) in [6, 6.07) is 0.0543. The summed E-state index contributed by atoms with van der Waals surface area (Å²) in [7, 11) is 0. The number of carbonyl (C=O) groups is 1. The van der Waals surface area contributed by atoms with Crippen molar-refractivity contribution in [2.24, 2.45) is 23.7 Å². The first kappa shape index (κ1) is 13.4. The molecule has 3 heteroatoms. The van der Waals surface area contributed by atoms with Crippen LogP contribution in [0.4, 0.5) is 0 Å². The molecule has 2 saturated carbocycles. The summed E-state index contributed by atoms with van der Waals surface area (Å²) in [5.74, 6) is 3.46. The second-order valence-corrected chi connectivity index (χ2v) is 7.13. The van der Waals surface area contributed by atoms with Crippen LogP contribution in [0, 0.1) is 23.7 Å². The fourth-order valence-corrected chi connectivity index (χ4v) is 4.53. The Labute approximate surface area is 117 Å². The van der Waals surface area contributed by atoms with Gasteiger partial charge in [0.2, 0.25) is 5.91 Å². The van der Waals surface area contributed by atoms with Crippen molar-refractivity contribution < 1.29 is 4.79 Å². The van der Waals surface area contributed by atoms with Crippen molar-refractivity contribution in [3.05, 3.63) is 0 Å². The predicted octanol–water partition coefficient (Wildman–Crippen LogP) is 2.62. The van der Waals surface area contributed by atoms with Gasteiger partial charge in [-0.3, -0.25) is 10.1 Å². The standard InChI is InChI=1S/C16H28N2O/c1-4-10(2)15-16(19)18(11(3)17-15)9-14-8-12-5-6-13(14)7-12/h10-15,17H,4-9H2,1-3H3. The maximum absolute atomic E-state index is 12.6. The third-order valence-electron chi connectivity index (χ3n) is 5.97. The Morgan fingerprint density at radius 2 is 2.16 bits per heavy atom. The van der Waals surface area contributed by atoms with Crippen molar-refractivity contribution in [3.63, 3.8) is 0 Å². The molecular formula is C16H28N2O. The van der Waals surface area contributed by atoms with Gasteiger partial charge in [0.25, 0.3) is 0 Å². The molecule has 3 aliphatic rings. The van der Waals surface area contributed by atoms with Crippen molar-refractivity contribution in [1.82, 2.24) is 10.2 Å². The average Bonchev–Trinajstić information content (AvgIpc) is 3.08. The van der Waals surface area contributed by atoms with Gasteiger partial charge in [0.15, 0.2) is 0 Å². The summed E-state index contributed by atoms with van der Waals surface area (Å²) >= 11 is 0. The predicted molar refractivity (Wildman–Crippen MR) is 76.5 cm³/mol. The van der Waals surface area contributed by atoms with Crippen LogP contribution in [0.3, 0.4) is 0 Å². The van der Waals surface area contributed by atoms with Gasteiger partial charge in [-0.1, -0.05) is 26.7 Å². The van der Waals surface area contributed by atoms with Crippen LogP contribution in [-0.2, 0) is 4.79 Å². The number of hydrogen-bond donors (Lipinski definition) is 1. The van der Waals surface area contributed by atoms with Crippen LogP contribution in [0.25, 0.3) is 0 Å². The van der Waals surface area contributed by atoms with Crippen LogP contribution >= 0.6 is 0 Å². The Kier molecular flexibility index (Phi) is 3.59. The summed E-state index contributed by atoms with van der Waals surface area (Å²) in [6.07, 6.45) is 6.95. The lowest BCUT2D eigenvalue weighted by molar-refractivity contribution is -0.131. The van der Waals surface area contributed by atoms with E-state index < -0.39 is 0 Å². The first-order valence-corrected chi connectivity index (χ1v) is 8.16. The molecule has 2 bridgehead atoms. The number of nitrogens with one attached hydrogen (secondary N) is 1. The van der Waals surface area contributed by atoms with Gasteiger partial charge >= 0.3 is 0 Å². The lowest BCUT2D eigenvalue weighted by Gasteiger charge is -2.29.